The third-order valence-electron chi connectivity index (χ3n) is 5.26. The van der Waals surface area contributed by atoms with Crippen LogP contribution in [0, 0.1) is 12.8 Å². The molecule has 2 saturated heterocycles. The molecule has 7 nitrogen and oxygen atoms in total. The van der Waals surface area contributed by atoms with Crippen LogP contribution in [0.2, 0.25) is 5.02 Å². The van der Waals surface area contributed by atoms with Crippen LogP contribution in [0.15, 0.2) is 42.5 Å². The maximum absolute atomic E-state index is 12.6. The van der Waals surface area contributed by atoms with Gasteiger partial charge in [0.1, 0.15) is 5.75 Å². The van der Waals surface area contributed by atoms with E-state index in [1.165, 1.54) is 9.80 Å². The van der Waals surface area contributed by atoms with Crippen molar-refractivity contribution >= 4 is 46.7 Å². The highest BCUT2D eigenvalue weighted by molar-refractivity contribution is 6.31. The first-order valence-corrected chi connectivity index (χ1v) is 9.95. The molecule has 2 aliphatic heterocycles. The van der Waals surface area contributed by atoms with E-state index in [9.17, 15) is 19.2 Å². The molecular weight excluding hydrogens is 408 g/mol. The zero-order valence-electron chi connectivity index (χ0n) is 16.3. The number of ether oxygens (including phenoxy) is 1. The minimum absolute atomic E-state index is 0.0548. The van der Waals surface area contributed by atoms with Crippen molar-refractivity contribution in [2.45, 2.75) is 26.2 Å². The second-order valence-corrected chi connectivity index (χ2v) is 7.81. The third kappa shape index (κ3) is 3.80. The quantitative estimate of drug-likeness (QED) is 0.425. The van der Waals surface area contributed by atoms with E-state index in [1.807, 2.05) is 0 Å². The largest absolute Gasteiger partial charge is 0.426 e. The zero-order chi connectivity index (χ0) is 21.4. The summed E-state index contributed by atoms with van der Waals surface area (Å²) < 4.78 is 5.47. The molecule has 154 valence electrons. The Kier molecular flexibility index (Phi) is 5.30. The SMILES string of the molecule is Cc1cc(OC(=O)[C@@H]2CC(=O)N(c3cccc(Cl)c3)C2)ccc1N1C(=O)CCC1=O. The molecule has 1 atom stereocenters. The molecule has 2 fully saturated rings. The van der Waals surface area contributed by atoms with Crippen molar-refractivity contribution in [3.8, 4) is 5.75 Å². The van der Waals surface area contributed by atoms with Crippen LogP contribution < -0.4 is 14.5 Å². The second kappa shape index (κ2) is 7.91. The number of hydrogen-bond donors (Lipinski definition) is 0. The van der Waals surface area contributed by atoms with Crippen molar-refractivity contribution in [2.75, 3.05) is 16.3 Å². The molecule has 0 unspecified atom stereocenters. The van der Waals surface area contributed by atoms with Gasteiger partial charge in [0.15, 0.2) is 0 Å². The van der Waals surface area contributed by atoms with Crippen LogP contribution in [-0.2, 0) is 19.2 Å². The summed E-state index contributed by atoms with van der Waals surface area (Å²) in [6.07, 6.45) is 0.459. The predicted octanol–water partition coefficient (Wildman–Crippen LogP) is 3.26. The van der Waals surface area contributed by atoms with E-state index in [4.69, 9.17) is 16.3 Å². The Balaban J connectivity index is 1.45. The van der Waals surface area contributed by atoms with Crippen LogP contribution >= 0.6 is 11.6 Å². The fraction of sp³-hybridized carbons (Fsp3) is 0.273. The lowest BCUT2D eigenvalue weighted by molar-refractivity contribution is -0.139. The Labute approximate surface area is 178 Å². The number of anilines is 2. The standard InChI is InChI=1S/C22H19ClN2O5/c1-13-9-17(5-6-18(13)25-19(26)7-8-20(25)27)30-22(29)14-10-21(28)24(12-14)16-4-2-3-15(23)11-16/h2-6,9,11,14H,7-8,10,12H2,1H3/t14-/m1/s1. The Bertz CT molecular complexity index is 1050. The van der Waals surface area contributed by atoms with Crippen molar-refractivity contribution in [3.05, 3.63) is 53.1 Å². The Hall–Kier alpha value is -3.19. The first kappa shape index (κ1) is 20.1. The highest BCUT2D eigenvalue weighted by atomic mass is 35.5. The first-order valence-electron chi connectivity index (χ1n) is 9.57. The average molecular weight is 427 g/mol. The molecule has 0 aliphatic carbocycles. The lowest BCUT2D eigenvalue weighted by atomic mass is 10.1. The number of imide groups is 1. The maximum Gasteiger partial charge on any atom is 0.316 e. The molecule has 2 aromatic rings. The van der Waals surface area contributed by atoms with Gasteiger partial charge in [-0.2, -0.15) is 0 Å². The summed E-state index contributed by atoms with van der Waals surface area (Å²) in [5.41, 5.74) is 1.78. The summed E-state index contributed by atoms with van der Waals surface area (Å²) in [6.45, 7) is 1.96. The van der Waals surface area contributed by atoms with E-state index in [2.05, 4.69) is 0 Å². The summed E-state index contributed by atoms with van der Waals surface area (Å²) in [5.74, 6) is -1.45. The number of carbonyl (C=O) groups excluding carboxylic acids is 4. The van der Waals surface area contributed by atoms with Gasteiger partial charge in [-0.3, -0.25) is 24.1 Å². The normalized spacial score (nSPS) is 19.0. The van der Waals surface area contributed by atoms with Gasteiger partial charge < -0.3 is 9.64 Å². The van der Waals surface area contributed by atoms with E-state index in [-0.39, 0.29) is 43.5 Å². The summed E-state index contributed by atoms with van der Waals surface area (Å²) in [5, 5.41) is 0.511. The molecule has 0 saturated carbocycles. The van der Waals surface area contributed by atoms with Gasteiger partial charge in [-0.25, -0.2) is 0 Å². The molecule has 2 aliphatic rings. The molecule has 0 spiro atoms. The molecule has 0 aromatic heterocycles. The van der Waals surface area contributed by atoms with Crippen LogP contribution in [0.4, 0.5) is 11.4 Å². The van der Waals surface area contributed by atoms with E-state index in [0.717, 1.165) is 0 Å². The van der Waals surface area contributed by atoms with Crippen molar-refractivity contribution in [3.63, 3.8) is 0 Å². The predicted molar refractivity (Wildman–Crippen MR) is 110 cm³/mol. The summed E-state index contributed by atoms with van der Waals surface area (Å²) >= 11 is 5.99. The van der Waals surface area contributed by atoms with E-state index >= 15 is 0 Å². The van der Waals surface area contributed by atoms with Crippen molar-refractivity contribution in [2.24, 2.45) is 5.92 Å². The molecule has 2 heterocycles. The highest BCUT2D eigenvalue weighted by Crippen LogP contribution is 2.31. The van der Waals surface area contributed by atoms with E-state index < -0.39 is 11.9 Å². The molecule has 4 rings (SSSR count). The summed E-state index contributed by atoms with van der Waals surface area (Å²) in [7, 11) is 0. The highest BCUT2D eigenvalue weighted by Gasteiger charge is 2.37. The van der Waals surface area contributed by atoms with E-state index in [1.54, 1.807) is 49.4 Å². The molecule has 0 bridgehead atoms. The lowest BCUT2D eigenvalue weighted by Crippen LogP contribution is -2.29. The number of carbonyl (C=O) groups is 4. The van der Waals surface area contributed by atoms with Gasteiger partial charge in [-0.15, -0.1) is 0 Å². The van der Waals surface area contributed by atoms with Gasteiger partial charge in [0, 0.05) is 36.5 Å². The van der Waals surface area contributed by atoms with Crippen LogP contribution in [0.25, 0.3) is 0 Å². The fourth-order valence-corrected chi connectivity index (χ4v) is 3.93. The number of esters is 1. The van der Waals surface area contributed by atoms with Crippen LogP contribution in [0.1, 0.15) is 24.8 Å². The van der Waals surface area contributed by atoms with Crippen LogP contribution in [0.3, 0.4) is 0 Å². The summed E-state index contributed by atoms with van der Waals surface area (Å²) in [4.78, 5) is 51.6. The van der Waals surface area contributed by atoms with Gasteiger partial charge in [0.2, 0.25) is 17.7 Å². The first-order chi connectivity index (χ1) is 14.3. The van der Waals surface area contributed by atoms with Gasteiger partial charge >= 0.3 is 5.97 Å². The molecule has 30 heavy (non-hydrogen) atoms. The number of rotatable bonds is 4. The number of nitrogens with zero attached hydrogens (tertiary/aromatic N) is 2. The molecule has 2 aromatic carbocycles. The van der Waals surface area contributed by atoms with Crippen molar-refractivity contribution < 1.29 is 23.9 Å². The molecule has 3 amide bonds. The van der Waals surface area contributed by atoms with Crippen molar-refractivity contribution in [1.29, 1.82) is 0 Å². The van der Waals surface area contributed by atoms with Crippen molar-refractivity contribution in [1.82, 2.24) is 0 Å². The summed E-state index contributed by atoms with van der Waals surface area (Å²) in [6, 6.07) is 11.7. The lowest BCUT2D eigenvalue weighted by Gasteiger charge is -2.18. The minimum Gasteiger partial charge on any atom is -0.426 e. The van der Waals surface area contributed by atoms with E-state index in [0.29, 0.717) is 27.7 Å². The average Bonchev–Trinajstić information content (AvgIpc) is 3.25. The zero-order valence-corrected chi connectivity index (χ0v) is 17.0. The van der Waals surface area contributed by atoms with Gasteiger partial charge in [0.25, 0.3) is 0 Å². The number of hydrogen-bond acceptors (Lipinski definition) is 5. The van der Waals surface area contributed by atoms with Gasteiger partial charge in [-0.05, 0) is 48.9 Å². The van der Waals surface area contributed by atoms with Crippen LogP contribution in [0.5, 0.6) is 5.75 Å². The second-order valence-electron chi connectivity index (χ2n) is 7.38. The minimum atomic E-state index is -0.599. The maximum atomic E-state index is 12.6. The van der Waals surface area contributed by atoms with Gasteiger partial charge in [-0.1, -0.05) is 17.7 Å². The van der Waals surface area contributed by atoms with Gasteiger partial charge in [0.05, 0.1) is 11.6 Å². The number of amides is 3. The fourth-order valence-electron chi connectivity index (χ4n) is 3.75. The molecule has 8 heteroatoms. The Morgan fingerprint density at radius 3 is 2.43 bits per heavy atom. The van der Waals surface area contributed by atoms with Crippen LogP contribution in [-0.4, -0.2) is 30.2 Å². The molecular formula is C22H19ClN2O5. The Morgan fingerprint density at radius 1 is 1.03 bits per heavy atom. The third-order valence-corrected chi connectivity index (χ3v) is 5.49. The number of benzene rings is 2. The monoisotopic (exact) mass is 426 g/mol. The number of aryl methyl sites for hydroxylation is 1. The smallest absolute Gasteiger partial charge is 0.316 e. The molecule has 0 N–H and O–H groups in total. The topological polar surface area (TPSA) is 84.0 Å². The number of halogens is 1. The Morgan fingerprint density at radius 2 is 1.77 bits per heavy atom. The molecule has 0 radical (unpaired) electrons.